The van der Waals surface area contributed by atoms with Gasteiger partial charge in [0, 0.05) is 24.6 Å². The molecule has 10 heteroatoms. The number of nitrogens with one attached hydrogen (secondary N) is 2. The summed E-state index contributed by atoms with van der Waals surface area (Å²) in [6, 6.07) is 6.81. The molecule has 32 heavy (non-hydrogen) atoms. The lowest BCUT2D eigenvalue weighted by Gasteiger charge is -2.21. The van der Waals surface area contributed by atoms with E-state index in [4.69, 9.17) is 9.47 Å². The number of rotatable bonds is 10. The molecule has 2 amide bonds. The zero-order valence-corrected chi connectivity index (χ0v) is 19.3. The van der Waals surface area contributed by atoms with E-state index in [2.05, 4.69) is 15.6 Å². The molecular weight excluding hydrogens is 432 g/mol. The fourth-order valence-electron chi connectivity index (χ4n) is 3.20. The van der Waals surface area contributed by atoms with Gasteiger partial charge < -0.3 is 20.1 Å². The molecule has 172 valence electrons. The minimum Gasteiger partial charge on any atom is -0.463 e. The monoisotopic (exact) mass is 460 g/mol. The minimum absolute atomic E-state index is 0.0883. The summed E-state index contributed by atoms with van der Waals surface area (Å²) < 4.78 is 12.3. The first kappa shape index (κ1) is 23.8. The van der Waals surface area contributed by atoms with Crippen molar-refractivity contribution in [2.75, 3.05) is 25.5 Å². The van der Waals surface area contributed by atoms with Crippen molar-refractivity contribution in [3.8, 4) is 0 Å². The molecule has 3 rings (SSSR count). The molecule has 1 aromatic carbocycles. The van der Waals surface area contributed by atoms with E-state index >= 15 is 0 Å². The smallest absolute Gasteiger partial charge is 0.337 e. The lowest BCUT2D eigenvalue weighted by molar-refractivity contribution is -0.138. The van der Waals surface area contributed by atoms with Gasteiger partial charge in [0.15, 0.2) is 5.16 Å². The van der Waals surface area contributed by atoms with Crippen molar-refractivity contribution in [3.05, 3.63) is 45.9 Å². The Morgan fingerprint density at radius 2 is 2.06 bits per heavy atom. The Morgan fingerprint density at radius 1 is 1.28 bits per heavy atom. The molecule has 2 heterocycles. The summed E-state index contributed by atoms with van der Waals surface area (Å²) in [6.45, 7) is 6.96. The number of para-hydroxylation sites is 1. The zero-order valence-electron chi connectivity index (χ0n) is 18.5. The Hall–Kier alpha value is -2.85. The molecule has 0 spiro atoms. The largest absolute Gasteiger partial charge is 0.463 e. The van der Waals surface area contributed by atoms with E-state index in [0.717, 1.165) is 0 Å². The highest BCUT2D eigenvalue weighted by atomic mass is 32.2. The van der Waals surface area contributed by atoms with E-state index < -0.39 is 5.97 Å². The summed E-state index contributed by atoms with van der Waals surface area (Å²) in [5, 5.41) is 6.33. The fraction of sp³-hybridized carbons (Fsp3) is 0.455. The average molecular weight is 461 g/mol. The predicted octanol–water partition coefficient (Wildman–Crippen LogP) is 2.43. The molecule has 1 aliphatic rings. The maximum Gasteiger partial charge on any atom is 0.337 e. The number of ether oxygens (including phenoxy) is 2. The van der Waals surface area contributed by atoms with Crippen LogP contribution in [0.15, 0.2) is 45.5 Å². The normalized spacial score (nSPS) is 13.9. The fourth-order valence-corrected chi connectivity index (χ4v) is 4.22. The SMILES string of the molecule is CCOC(=O)C1=C(CSc2nc3ccccc3c(=O)n2CCCOC(C)C)NC(=O)NC1. The van der Waals surface area contributed by atoms with Crippen LogP contribution in [0.5, 0.6) is 0 Å². The lowest BCUT2D eigenvalue weighted by atomic mass is 10.2. The average Bonchev–Trinajstić information content (AvgIpc) is 2.76. The van der Waals surface area contributed by atoms with Crippen LogP contribution in [0, 0.1) is 0 Å². The van der Waals surface area contributed by atoms with Gasteiger partial charge in [0.25, 0.3) is 5.56 Å². The van der Waals surface area contributed by atoms with E-state index in [-0.39, 0.29) is 36.6 Å². The third-order valence-corrected chi connectivity index (χ3v) is 5.73. The molecule has 9 nitrogen and oxygen atoms in total. The highest BCUT2D eigenvalue weighted by Gasteiger charge is 2.24. The standard InChI is InChI=1S/C22H28N4O5S/c1-4-30-20(28)16-12-23-21(29)24-18(16)13-32-22-25-17-9-6-5-8-15(17)19(27)26(22)10-7-11-31-14(2)3/h5-6,8-9,14H,4,7,10-13H2,1-3H3,(H2,23,24,29). The number of hydrogen-bond donors (Lipinski definition) is 2. The summed E-state index contributed by atoms with van der Waals surface area (Å²) in [5.74, 6) is -0.222. The summed E-state index contributed by atoms with van der Waals surface area (Å²) in [4.78, 5) is 41.9. The van der Waals surface area contributed by atoms with Crippen molar-refractivity contribution in [1.82, 2.24) is 20.2 Å². The number of hydrogen-bond acceptors (Lipinski definition) is 7. The van der Waals surface area contributed by atoms with Gasteiger partial charge in [-0.15, -0.1) is 0 Å². The highest BCUT2D eigenvalue weighted by molar-refractivity contribution is 7.99. The summed E-state index contributed by atoms with van der Waals surface area (Å²) in [5.41, 5.74) is 1.29. The highest BCUT2D eigenvalue weighted by Crippen LogP contribution is 2.22. The third kappa shape index (κ3) is 5.89. The van der Waals surface area contributed by atoms with Crippen LogP contribution >= 0.6 is 11.8 Å². The zero-order chi connectivity index (χ0) is 23.1. The molecule has 1 aromatic heterocycles. The van der Waals surface area contributed by atoms with Crippen LogP contribution in [0.4, 0.5) is 4.79 Å². The van der Waals surface area contributed by atoms with Crippen LogP contribution < -0.4 is 16.2 Å². The van der Waals surface area contributed by atoms with Crippen LogP contribution in [-0.4, -0.2) is 53.2 Å². The van der Waals surface area contributed by atoms with Gasteiger partial charge in [-0.1, -0.05) is 23.9 Å². The van der Waals surface area contributed by atoms with Crippen LogP contribution in [0.1, 0.15) is 27.2 Å². The number of carbonyl (C=O) groups excluding carboxylic acids is 2. The predicted molar refractivity (Wildman–Crippen MR) is 123 cm³/mol. The first-order valence-corrected chi connectivity index (χ1v) is 11.6. The Bertz CT molecular complexity index is 1080. The maximum atomic E-state index is 13.1. The van der Waals surface area contributed by atoms with Gasteiger partial charge in [-0.05, 0) is 39.3 Å². The van der Waals surface area contributed by atoms with Gasteiger partial charge in [0.1, 0.15) is 0 Å². The number of benzene rings is 1. The van der Waals surface area contributed by atoms with E-state index in [1.807, 2.05) is 26.0 Å². The Kier molecular flexibility index (Phi) is 8.29. The van der Waals surface area contributed by atoms with E-state index in [0.29, 0.717) is 46.9 Å². The van der Waals surface area contributed by atoms with E-state index in [9.17, 15) is 14.4 Å². The summed E-state index contributed by atoms with van der Waals surface area (Å²) in [7, 11) is 0. The molecule has 0 atom stereocenters. The number of nitrogens with zero attached hydrogens (tertiary/aromatic N) is 2. The second-order valence-electron chi connectivity index (χ2n) is 7.42. The Balaban J connectivity index is 1.89. The van der Waals surface area contributed by atoms with Crippen molar-refractivity contribution in [3.63, 3.8) is 0 Å². The topological polar surface area (TPSA) is 112 Å². The number of fused-ring (bicyclic) bond motifs is 1. The lowest BCUT2D eigenvalue weighted by Crippen LogP contribution is -2.44. The van der Waals surface area contributed by atoms with Crippen LogP contribution in [0.3, 0.4) is 0 Å². The molecule has 0 saturated heterocycles. The van der Waals surface area contributed by atoms with Crippen molar-refractivity contribution >= 4 is 34.7 Å². The Labute approximate surface area is 190 Å². The molecule has 1 aliphatic heterocycles. The van der Waals surface area contributed by atoms with E-state index in [1.165, 1.54) is 11.8 Å². The molecule has 0 fully saturated rings. The minimum atomic E-state index is -0.481. The van der Waals surface area contributed by atoms with Crippen LogP contribution in [-0.2, 0) is 20.8 Å². The van der Waals surface area contributed by atoms with E-state index in [1.54, 1.807) is 23.6 Å². The number of urea groups is 1. The number of aromatic nitrogens is 2. The first-order valence-electron chi connectivity index (χ1n) is 10.6. The van der Waals surface area contributed by atoms with Crippen molar-refractivity contribution in [2.45, 2.75) is 45.0 Å². The van der Waals surface area contributed by atoms with Gasteiger partial charge in [0.2, 0.25) is 0 Å². The van der Waals surface area contributed by atoms with Crippen molar-refractivity contribution < 1.29 is 19.1 Å². The number of amides is 2. The molecule has 0 aliphatic carbocycles. The molecule has 0 unspecified atom stereocenters. The molecule has 0 bridgehead atoms. The van der Waals surface area contributed by atoms with Crippen molar-refractivity contribution in [1.29, 1.82) is 0 Å². The van der Waals surface area contributed by atoms with Crippen molar-refractivity contribution in [2.24, 2.45) is 0 Å². The third-order valence-electron chi connectivity index (χ3n) is 4.73. The molecule has 0 radical (unpaired) electrons. The number of carbonyl (C=O) groups is 2. The number of thioether (sulfide) groups is 1. The molecular formula is C22H28N4O5S. The summed E-state index contributed by atoms with van der Waals surface area (Å²) >= 11 is 1.29. The van der Waals surface area contributed by atoms with Gasteiger partial charge in [0.05, 0.1) is 35.7 Å². The first-order chi connectivity index (χ1) is 15.4. The Morgan fingerprint density at radius 3 is 2.81 bits per heavy atom. The molecule has 2 aromatic rings. The van der Waals surface area contributed by atoms with Crippen LogP contribution in [0.2, 0.25) is 0 Å². The van der Waals surface area contributed by atoms with Gasteiger partial charge in [-0.3, -0.25) is 9.36 Å². The molecule has 0 saturated carbocycles. The summed E-state index contributed by atoms with van der Waals surface area (Å²) in [6.07, 6.45) is 0.773. The van der Waals surface area contributed by atoms with Gasteiger partial charge in [-0.2, -0.15) is 0 Å². The quantitative estimate of drug-likeness (QED) is 0.242. The van der Waals surface area contributed by atoms with Gasteiger partial charge in [-0.25, -0.2) is 14.6 Å². The van der Waals surface area contributed by atoms with Crippen LogP contribution in [0.25, 0.3) is 10.9 Å². The number of esters is 1. The second kappa shape index (κ2) is 11.1. The second-order valence-corrected chi connectivity index (χ2v) is 8.36. The van der Waals surface area contributed by atoms with Gasteiger partial charge >= 0.3 is 12.0 Å². The maximum absolute atomic E-state index is 13.1. The molecule has 2 N–H and O–H groups in total.